The zero-order valence-corrected chi connectivity index (χ0v) is 16.3. The van der Waals surface area contributed by atoms with Gasteiger partial charge in [-0.15, -0.1) is 0 Å². The molecule has 7 heteroatoms. The van der Waals surface area contributed by atoms with Gasteiger partial charge in [0.15, 0.2) is 0 Å². The minimum Gasteiger partial charge on any atom is -0.497 e. The van der Waals surface area contributed by atoms with Crippen LogP contribution in [0.1, 0.15) is 16.1 Å². The Labute approximate surface area is 168 Å². The van der Waals surface area contributed by atoms with Gasteiger partial charge in [-0.1, -0.05) is 23.7 Å². The third-order valence-corrected chi connectivity index (χ3v) is 4.34. The van der Waals surface area contributed by atoms with Crippen LogP contribution in [-0.2, 0) is 6.54 Å². The van der Waals surface area contributed by atoms with E-state index in [2.05, 4.69) is 15.6 Å². The van der Waals surface area contributed by atoms with Crippen molar-refractivity contribution in [2.45, 2.75) is 6.54 Å². The molecule has 2 aromatic carbocycles. The lowest BCUT2D eigenvalue weighted by Crippen LogP contribution is -2.23. The lowest BCUT2D eigenvalue weighted by atomic mass is 10.2. The summed E-state index contributed by atoms with van der Waals surface area (Å²) in [5, 5.41) is 6.56. The number of nitrogens with zero attached hydrogens (tertiary/aromatic N) is 1. The molecule has 0 spiro atoms. The Morgan fingerprint density at radius 1 is 1.00 bits per heavy atom. The zero-order chi connectivity index (χ0) is 19.9. The van der Waals surface area contributed by atoms with E-state index in [1.165, 1.54) is 0 Å². The Morgan fingerprint density at radius 3 is 2.43 bits per heavy atom. The molecule has 1 aromatic heterocycles. The summed E-state index contributed by atoms with van der Waals surface area (Å²) in [6.45, 7) is 0.399. The van der Waals surface area contributed by atoms with Gasteiger partial charge in [0.05, 0.1) is 19.2 Å². The summed E-state index contributed by atoms with van der Waals surface area (Å²) in [5.74, 6) is 1.11. The molecule has 0 aliphatic carbocycles. The van der Waals surface area contributed by atoms with Crippen molar-refractivity contribution < 1.29 is 14.3 Å². The summed E-state index contributed by atoms with van der Waals surface area (Å²) in [5.41, 5.74) is 2.79. The van der Waals surface area contributed by atoms with Gasteiger partial charge in [-0.05, 0) is 48.0 Å². The number of ether oxygens (including phenoxy) is 2. The molecular weight excluding hydrogens is 378 g/mol. The number of hydrogen-bond acceptors (Lipinski definition) is 5. The number of rotatable bonds is 7. The van der Waals surface area contributed by atoms with Crippen molar-refractivity contribution in [2.24, 2.45) is 0 Å². The van der Waals surface area contributed by atoms with Crippen molar-refractivity contribution in [1.82, 2.24) is 10.3 Å². The number of carbonyl (C=O) groups excluding carboxylic acids is 1. The largest absolute Gasteiger partial charge is 0.497 e. The molecule has 2 N–H and O–H groups in total. The Kier molecular flexibility index (Phi) is 6.34. The lowest BCUT2D eigenvalue weighted by Gasteiger charge is -2.10. The van der Waals surface area contributed by atoms with Crippen LogP contribution in [0.2, 0.25) is 5.02 Å². The van der Waals surface area contributed by atoms with Crippen LogP contribution >= 0.6 is 11.6 Å². The average molecular weight is 398 g/mol. The second-order valence-electron chi connectivity index (χ2n) is 5.93. The van der Waals surface area contributed by atoms with Gasteiger partial charge in [0.25, 0.3) is 5.91 Å². The molecule has 0 saturated heterocycles. The first-order valence-electron chi connectivity index (χ1n) is 8.57. The van der Waals surface area contributed by atoms with Gasteiger partial charge in [-0.3, -0.25) is 9.78 Å². The minimum absolute atomic E-state index is 0.257. The summed E-state index contributed by atoms with van der Waals surface area (Å²) in [4.78, 5) is 16.6. The predicted molar refractivity (Wildman–Crippen MR) is 110 cm³/mol. The number of carbonyl (C=O) groups is 1. The highest BCUT2D eigenvalue weighted by Gasteiger charge is 2.09. The summed E-state index contributed by atoms with van der Waals surface area (Å²) >= 11 is 6.15. The number of methoxy groups -OCH3 is 2. The SMILES string of the molecule is COc1ccc(CNC(=O)c2cc(Nc3ccc(OC)c(Cl)c3)ccn2)cc1. The van der Waals surface area contributed by atoms with E-state index in [0.717, 1.165) is 22.7 Å². The topological polar surface area (TPSA) is 72.5 Å². The summed E-state index contributed by atoms with van der Waals surface area (Å²) in [6.07, 6.45) is 1.58. The van der Waals surface area contributed by atoms with Crippen molar-refractivity contribution in [1.29, 1.82) is 0 Å². The second kappa shape index (κ2) is 9.10. The van der Waals surface area contributed by atoms with E-state index in [9.17, 15) is 4.79 Å². The van der Waals surface area contributed by atoms with Crippen LogP contribution in [0.4, 0.5) is 11.4 Å². The maximum Gasteiger partial charge on any atom is 0.270 e. The molecule has 0 bridgehead atoms. The molecule has 0 atom stereocenters. The van der Waals surface area contributed by atoms with Crippen LogP contribution in [0.5, 0.6) is 11.5 Å². The number of aromatic nitrogens is 1. The number of hydrogen-bond donors (Lipinski definition) is 2. The Balaban J connectivity index is 1.64. The van der Waals surface area contributed by atoms with E-state index < -0.39 is 0 Å². The van der Waals surface area contributed by atoms with Crippen LogP contribution in [0.3, 0.4) is 0 Å². The number of amides is 1. The molecule has 1 heterocycles. The van der Waals surface area contributed by atoms with Crippen LogP contribution in [0, 0.1) is 0 Å². The first kappa shape index (κ1) is 19.5. The number of benzene rings is 2. The third-order valence-electron chi connectivity index (χ3n) is 4.05. The van der Waals surface area contributed by atoms with E-state index in [1.54, 1.807) is 44.7 Å². The Bertz CT molecular complexity index is 961. The molecule has 0 fully saturated rings. The van der Waals surface area contributed by atoms with Crippen molar-refractivity contribution >= 4 is 28.9 Å². The van der Waals surface area contributed by atoms with Crippen molar-refractivity contribution in [3.63, 3.8) is 0 Å². The summed E-state index contributed by atoms with van der Waals surface area (Å²) in [7, 11) is 3.18. The molecule has 0 aliphatic heterocycles. The molecule has 1 amide bonds. The molecule has 144 valence electrons. The first-order valence-corrected chi connectivity index (χ1v) is 8.94. The van der Waals surface area contributed by atoms with Gasteiger partial charge < -0.3 is 20.1 Å². The smallest absolute Gasteiger partial charge is 0.270 e. The van der Waals surface area contributed by atoms with Gasteiger partial charge in [-0.25, -0.2) is 0 Å². The Hall–Kier alpha value is -3.25. The zero-order valence-electron chi connectivity index (χ0n) is 15.5. The van der Waals surface area contributed by atoms with Gasteiger partial charge in [0.2, 0.25) is 0 Å². The van der Waals surface area contributed by atoms with Crippen LogP contribution < -0.4 is 20.1 Å². The summed E-state index contributed by atoms with van der Waals surface area (Å²) in [6, 6.07) is 16.3. The molecular formula is C21H20ClN3O3. The average Bonchev–Trinajstić information content (AvgIpc) is 2.72. The quantitative estimate of drug-likeness (QED) is 0.617. The number of pyridine rings is 1. The highest BCUT2D eigenvalue weighted by atomic mass is 35.5. The van der Waals surface area contributed by atoms with Crippen LogP contribution in [0.25, 0.3) is 0 Å². The van der Waals surface area contributed by atoms with Crippen molar-refractivity contribution in [3.8, 4) is 11.5 Å². The molecule has 0 aliphatic rings. The number of halogens is 1. The van der Waals surface area contributed by atoms with E-state index in [1.807, 2.05) is 30.3 Å². The van der Waals surface area contributed by atoms with Crippen LogP contribution in [0.15, 0.2) is 60.8 Å². The maximum atomic E-state index is 12.4. The fraction of sp³-hybridized carbons (Fsp3) is 0.143. The van der Waals surface area contributed by atoms with Gasteiger partial charge in [-0.2, -0.15) is 0 Å². The Morgan fingerprint density at radius 2 is 1.75 bits per heavy atom. The third kappa shape index (κ3) is 4.92. The monoisotopic (exact) mass is 397 g/mol. The molecule has 3 rings (SSSR count). The summed E-state index contributed by atoms with van der Waals surface area (Å²) < 4.78 is 10.3. The van der Waals surface area contributed by atoms with E-state index in [4.69, 9.17) is 21.1 Å². The van der Waals surface area contributed by atoms with E-state index >= 15 is 0 Å². The molecule has 0 saturated carbocycles. The second-order valence-corrected chi connectivity index (χ2v) is 6.34. The number of anilines is 2. The molecule has 0 unspecified atom stereocenters. The van der Waals surface area contributed by atoms with Gasteiger partial charge in [0, 0.05) is 24.1 Å². The lowest BCUT2D eigenvalue weighted by molar-refractivity contribution is 0.0946. The molecule has 28 heavy (non-hydrogen) atoms. The van der Waals surface area contributed by atoms with E-state index in [0.29, 0.717) is 23.0 Å². The minimum atomic E-state index is -0.257. The number of nitrogens with one attached hydrogen (secondary N) is 2. The normalized spacial score (nSPS) is 10.2. The maximum absolute atomic E-state index is 12.4. The van der Waals surface area contributed by atoms with Gasteiger partial charge in [0.1, 0.15) is 17.2 Å². The van der Waals surface area contributed by atoms with Crippen LogP contribution in [-0.4, -0.2) is 25.1 Å². The highest BCUT2D eigenvalue weighted by molar-refractivity contribution is 6.32. The highest BCUT2D eigenvalue weighted by Crippen LogP contribution is 2.28. The van der Waals surface area contributed by atoms with E-state index in [-0.39, 0.29) is 5.91 Å². The van der Waals surface area contributed by atoms with Crippen molar-refractivity contribution in [2.75, 3.05) is 19.5 Å². The molecule has 0 radical (unpaired) electrons. The first-order chi connectivity index (χ1) is 13.6. The van der Waals surface area contributed by atoms with Crippen molar-refractivity contribution in [3.05, 3.63) is 77.1 Å². The van der Waals surface area contributed by atoms with Gasteiger partial charge >= 0.3 is 0 Å². The molecule has 6 nitrogen and oxygen atoms in total. The fourth-order valence-electron chi connectivity index (χ4n) is 2.56. The molecule has 3 aromatic rings. The predicted octanol–water partition coefficient (Wildman–Crippen LogP) is 4.43. The fourth-order valence-corrected chi connectivity index (χ4v) is 2.82. The standard InChI is InChI=1S/C21H20ClN3O3/c1-27-17-6-3-14(4-7-17)13-24-21(26)19-12-16(9-10-23-19)25-15-5-8-20(28-2)18(22)11-15/h3-12H,13H2,1-2H3,(H,23,25)(H,24,26).